The average molecular weight is 396 g/mol. The van der Waals surface area contributed by atoms with Crippen molar-refractivity contribution in [2.75, 3.05) is 18.5 Å². The molecule has 1 amide bonds. The number of hydrogen-bond donors (Lipinski definition) is 3. The van der Waals surface area contributed by atoms with Crippen LogP contribution < -0.4 is 16.2 Å². The number of aromatic nitrogens is 1. The molecule has 1 unspecified atom stereocenters. The van der Waals surface area contributed by atoms with Gasteiger partial charge in [0.25, 0.3) is 0 Å². The quantitative estimate of drug-likeness (QED) is 0.533. The summed E-state index contributed by atoms with van der Waals surface area (Å²) < 4.78 is 5.44. The lowest BCUT2D eigenvalue weighted by atomic mass is 10.1. The van der Waals surface area contributed by atoms with Gasteiger partial charge >= 0.3 is 6.09 Å². The fraction of sp³-hybridized carbons (Fsp3) is 0.632. The van der Waals surface area contributed by atoms with Crippen LogP contribution in [0.25, 0.3) is 0 Å². The first kappa shape index (κ1) is 23.0. The molecular formula is C19H33N5O2S. The highest BCUT2D eigenvalue weighted by atomic mass is 32.1. The van der Waals surface area contributed by atoms with Crippen LogP contribution in [0, 0.1) is 6.92 Å². The SMILES string of the molecule is CC.Cc1cccnc1NNC(=S)NC1CCCN(C(=O)OC(C)(C)C)C1. The summed E-state index contributed by atoms with van der Waals surface area (Å²) in [5, 5.41) is 3.71. The van der Waals surface area contributed by atoms with E-state index in [4.69, 9.17) is 17.0 Å². The van der Waals surface area contributed by atoms with Gasteiger partial charge in [-0.05, 0) is 64.4 Å². The van der Waals surface area contributed by atoms with Crippen LogP contribution in [0.1, 0.15) is 53.0 Å². The molecule has 1 aromatic rings. The molecule has 1 aromatic heterocycles. The van der Waals surface area contributed by atoms with E-state index in [1.807, 2.05) is 53.7 Å². The molecule has 1 aliphatic heterocycles. The van der Waals surface area contributed by atoms with E-state index in [-0.39, 0.29) is 12.1 Å². The van der Waals surface area contributed by atoms with Crippen LogP contribution in [0.5, 0.6) is 0 Å². The zero-order valence-corrected chi connectivity index (χ0v) is 18.1. The Balaban J connectivity index is 0.00000176. The number of hydrogen-bond acceptors (Lipinski definition) is 5. The Labute approximate surface area is 168 Å². The summed E-state index contributed by atoms with van der Waals surface area (Å²) in [4.78, 5) is 18.2. The van der Waals surface area contributed by atoms with Gasteiger partial charge in [0, 0.05) is 25.3 Å². The molecule has 8 heteroatoms. The lowest BCUT2D eigenvalue weighted by Gasteiger charge is -2.34. The second kappa shape index (κ2) is 10.9. The van der Waals surface area contributed by atoms with E-state index in [1.165, 1.54) is 0 Å². The largest absolute Gasteiger partial charge is 0.444 e. The number of rotatable bonds is 3. The van der Waals surface area contributed by atoms with Crippen molar-refractivity contribution in [3.8, 4) is 0 Å². The van der Waals surface area contributed by atoms with E-state index < -0.39 is 5.60 Å². The van der Waals surface area contributed by atoms with Gasteiger partial charge in [-0.3, -0.25) is 10.9 Å². The lowest BCUT2D eigenvalue weighted by molar-refractivity contribution is 0.0194. The first-order valence-corrected chi connectivity index (χ1v) is 9.87. The maximum absolute atomic E-state index is 12.2. The van der Waals surface area contributed by atoms with Crippen LogP contribution in [-0.2, 0) is 4.74 Å². The number of nitrogens with one attached hydrogen (secondary N) is 3. The Morgan fingerprint density at radius 2 is 2.07 bits per heavy atom. The van der Waals surface area contributed by atoms with E-state index in [2.05, 4.69) is 21.2 Å². The van der Waals surface area contributed by atoms with Gasteiger partial charge in [-0.1, -0.05) is 19.9 Å². The zero-order chi connectivity index (χ0) is 20.4. The summed E-state index contributed by atoms with van der Waals surface area (Å²) in [5.41, 5.74) is 6.47. The van der Waals surface area contributed by atoms with Gasteiger partial charge in [-0.15, -0.1) is 0 Å². The molecule has 0 aliphatic carbocycles. The first-order chi connectivity index (χ1) is 12.7. The summed E-state index contributed by atoms with van der Waals surface area (Å²) in [6.45, 7) is 12.9. The number of aryl methyl sites for hydroxylation is 1. The van der Waals surface area contributed by atoms with E-state index in [9.17, 15) is 4.79 Å². The van der Waals surface area contributed by atoms with Crippen molar-refractivity contribution in [1.29, 1.82) is 0 Å². The predicted octanol–water partition coefficient (Wildman–Crippen LogP) is 3.61. The van der Waals surface area contributed by atoms with Crippen LogP contribution in [0.3, 0.4) is 0 Å². The van der Waals surface area contributed by atoms with Crippen molar-refractivity contribution in [1.82, 2.24) is 20.6 Å². The fourth-order valence-corrected chi connectivity index (χ4v) is 2.76. The fourth-order valence-electron chi connectivity index (χ4n) is 2.54. The van der Waals surface area contributed by atoms with Gasteiger partial charge in [0.05, 0.1) is 0 Å². The van der Waals surface area contributed by atoms with E-state index in [1.54, 1.807) is 11.1 Å². The summed E-state index contributed by atoms with van der Waals surface area (Å²) in [6, 6.07) is 3.94. The number of piperidine rings is 1. The second-order valence-electron chi connectivity index (χ2n) is 7.16. The van der Waals surface area contributed by atoms with Crippen molar-refractivity contribution in [2.45, 2.75) is 66.0 Å². The van der Waals surface area contributed by atoms with Crippen molar-refractivity contribution >= 4 is 29.2 Å². The maximum Gasteiger partial charge on any atom is 0.410 e. The van der Waals surface area contributed by atoms with E-state index in [0.717, 1.165) is 24.2 Å². The molecule has 7 nitrogen and oxygen atoms in total. The van der Waals surface area contributed by atoms with Crippen molar-refractivity contribution in [2.24, 2.45) is 0 Å². The van der Waals surface area contributed by atoms with E-state index >= 15 is 0 Å². The van der Waals surface area contributed by atoms with Gasteiger partial charge in [0.15, 0.2) is 5.11 Å². The lowest BCUT2D eigenvalue weighted by Crippen LogP contribution is -2.53. The molecule has 0 bridgehead atoms. The van der Waals surface area contributed by atoms with Crippen molar-refractivity contribution in [3.05, 3.63) is 23.9 Å². The van der Waals surface area contributed by atoms with E-state index in [0.29, 0.717) is 18.2 Å². The minimum Gasteiger partial charge on any atom is -0.444 e. The van der Waals surface area contributed by atoms with Crippen molar-refractivity contribution < 1.29 is 9.53 Å². The number of hydrazine groups is 1. The number of likely N-dealkylation sites (tertiary alicyclic amines) is 1. The number of carbonyl (C=O) groups excluding carboxylic acids is 1. The van der Waals surface area contributed by atoms with Gasteiger partial charge in [0.1, 0.15) is 11.4 Å². The Morgan fingerprint density at radius 3 is 2.70 bits per heavy atom. The Hall–Kier alpha value is -2.09. The number of thiocarbonyl (C=S) groups is 1. The van der Waals surface area contributed by atoms with Crippen molar-refractivity contribution in [3.63, 3.8) is 0 Å². The highest BCUT2D eigenvalue weighted by molar-refractivity contribution is 7.80. The zero-order valence-electron chi connectivity index (χ0n) is 17.3. The minimum absolute atomic E-state index is 0.0906. The summed E-state index contributed by atoms with van der Waals surface area (Å²) in [5.74, 6) is 0.727. The summed E-state index contributed by atoms with van der Waals surface area (Å²) >= 11 is 5.32. The number of amides is 1. The molecule has 2 rings (SSSR count). The van der Waals surface area contributed by atoms with Gasteiger partial charge < -0.3 is 15.0 Å². The third-order valence-corrected chi connectivity index (χ3v) is 3.93. The molecule has 152 valence electrons. The molecule has 3 N–H and O–H groups in total. The molecule has 0 saturated carbocycles. The van der Waals surface area contributed by atoms with Crippen LogP contribution in [0.4, 0.5) is 10.6 Å². The average Bonchev–Trinajstić information content (AvgIpc) is 2.61. The molecule has 1 fully saturated rings. The molecular weight excluding hydrogens is 362 g/mol. The number of ether oxygens (including phenoxy) is 1. The Bertz CT molecular complexity index is 618. The van der Waals surface area contributed by atoms with Crippen LogP contribution in [0.2, 0.25) is 0 Å². The van der Waals surface area contributed by atoms with Crippen LogP contribution in [0.15, 0.2) is 18.3 Å². The normalized spacial score (nSPS) is 16.5. The first-order valence-electron chi connectivity index (χ1n) is 9.46. The summed E-state index contributed by atoms with van der Waals surface area (Å²) in [7, 11) is 0. The predicted molar refractivity (Wildman–Crippen MR) is 114 cm³/mol. The number of carbonyl (C=O) groups is 1. The third kappa shape index (κ3) is 8.43. The third-order valence-electron chi connectivity index (χ3n) is 3.71. The molecule has 27 heavy (non-hydrogen) atoms. The second-order valence-corrected chi connectivity index (χ2v) is 7.57. The number of anilines is 1. The molecule has 1 aliphatic rings. The standard InChI is InChI=1S/C17H27N5O2S.C2H6/c1-12-7-5-9-18-14(12)20-21-15(25)19-13-8-6-10-22(11-13)16(23)24-17(2,3)4;1-2/h5,7,9,13H,6,8,10-11H2,1-4H3,(H,18,20)(H2,19,21,25);1-2H3. The number of nitrogens with zero attached hydrogens (tertiary/aromatic N) is 2. The highest BCUT2D eigenvalue weighted by Crippen LogP contribution is 2.15. The minimum atomic E-state index is -0.487. The molecule has 0 radical (unpaired) electrons. The monoisotopic (exact) mass is 395 g/mol. The van der Waals surface area contributed by atoms with Crippen LogP contribution in [-0.4, -0.2) is 45.8 Å². The highest BCUT2D eigenvalue weighted by Gasteiger charge is 2.27. The molecule has 1 saturated heterocycles. The molecule has 1 atom stereocenters. The molecule has 0 spiro atoms. The van der Waals surface area contributed by atoms with Gasteiger partial charge in [-0.25, -0.2) is 9.78 Å². The molecule has 2 heterocycles. The number of pyridine rings is 1. The van der Waals surface area contributed by atoms with Gasteiger partial charge in [0.2, 0.25) is 0 Å². The Kier molecular flexibility index (Phi) is 9.28. The molecule has 0 aromatic carbocycles. The van der Waals surface area contributed by atoms with Gasteiger partial charge in [-0.2, -0.15) is 0 Å². The topological polar surface area (TPSA) is 78.5 Å². The smallest absolute Gasteiger partial charge is 0.410 e. The van der Waals surface area contributed by atoms with Crippen LogP contribution >= 0.6 is 12.2 Å². The summed E-state index contributed by atoms with van der Waals surface area (Å²) in [6.07, 6.45) is 3.30. The Morgan fingerprint density at radius 1 is 1.37 bits per heavy atom. The maximum atomic E-state index is 12.2.